The predicted molar refractivity (Wildman–Crippen MR) is 91.8 cm³/mol. The van der Waals surface area contributed by atoms with E-state index in [9.17, 15) is 4.79 Å². The van der Waals surface area contributed by atoms with E-state index in [1.54, 1.807) is 18.2 Å². The molecule has 0 aromatic heterocycles. The van der Waals surface area contributed by atoms with Gasteiger partial charge in [-0.2, -0.15) is 11.8 Å². The highest BCUT2D eigenvalue weighted by molar-refractivity contribution is 7.99. The van der Waals surface area contributed by atoms with Crippen LogP contribution in [0.3, 0.4) is 0 Å². The first-order chi connectivity index (χ1) is 9.99. The maximum Gasteiger partial charge on any atom is 0.255 e. The van der Waals surface area contributed by atoms with Crippen molar-refractivity contribution in [1.82, 2.24) is 9.80 Å². The maximum atomic E-state index is 12.9. The van der Waals surface area contributed by atoms with Gasteiger partial charge in [0.05, 0.1) is 16.6 Å². The number of carbonyl (C=O) groups is 1. The molecule has 1 unspecified atom stereocenters. The monoisotopic (exact) mass is 346 g/mol. The number of thioether (sulfide) groups is 1. The Morgan fingerprint density at radius 2 is 2.19 bits per heavy atom. The van der Waals surface area contributed by atoms with Crippen LogP contribution in [-0.4, -0.2) is 60.4 Å². The van der Waals surface area contributed by atoms with Crippen LogP contribution in [-0.2, 0) is 0 Å². The lowest BCUT2D eigenvalue weighted by Crippen LogP contribution is -2.46. The molecule has 1 aromatic rings. The lowest BCUT2D eigenvalue weighted by atomic mass is 10.1. The molecule has 21 heavy (non-hydrogen) atoms. The Bertz CT molecular complexity index is 510. The number of likely N-dealkylation sites (N-methyl/N-ethyl adjacent to an activating group) is 1. The normalized spacial score (nSPS) is 19.7. The van der Waals surface area contributed by atoms with Gasteiger partial charge in [-0.3, -0.25) is 4.79 Å². The Balaban J connectivity index is 2.26. The summed E-state index contributed by atoms with van der Waals surface area (Å²) in [5.74, 6) is 2.04. The van der Waals surface area contributed by atoms with Gasteiger partial charge in [0.15, 0.2) is 0 Å². The van der Waals surface area contributed by atoms with Gasteiger partial charge >= 0.3 is 0 Å². The van der Waals surface area contributed by atoms with Gasteiger partial charge in [-0.25, -0.2) is 0 Å². The summed E-state index contributed by atoms with van der Waals surface area (Å²) in [6.07, 6.45) is 1.01. The fourth-order valence-electron chi connectivity index (χ4n) is 2.49. The van der Waals surface area contributed by atoms with Crippen molar-refractivity contribution in [1.29, 1.82) is 0 Å². The molecule has 0 bridgehead atoms. The van der Waals surface area contributed by atoms with Gasteiger partial charge in [0.2, 0.25) is 0 Å². The molecule has 2 rings (SSSR count). The molecular weight excluding hydrogens is 327 g/mol. The van der Waals surface area contributed by atoms with E-state index in [4.69, 9.17) is 23.2 Å². The smallest absolute Gasteiger partial charge is 0.255 e. The lowest BCUT2D eigenvalue weighted by molar-refractivity contribution is 0.0676. The Hall–Kier alpha value is -0.420. The summed E-state index contributed by atoms with van der Waals surface area (Å²) >= 11 is 14.1. The molecule has 1 heterocycles. The second kappa shape index (κ2) is 7.73. The number of amides is 1. The number of rotatable bonds is 3. The first-order valence-corrected chi connectivity index (χ1v) is 8.88. The van der Waals surface area contributed by atoms with Gasteiger partial charge in [-0.15, -0.1) is 0 Å². The van der Waals surface area contributed by atoms with Gasteiger partial charge in [-0.1, -0.05) is 23.2 Å². The fraction of sp³-hybridized carbons (Fsp3) is 0.533. The first kappa shape index (κ1) is 16.9. The van der Waals surface area contributed by atoms with Gasteiger partial charge in [0, 0.05) is 23.9 Å². The first-order valence-electron chi connectivity index (χ1n) is 6.97. The Morgan fingerprint density at radius 1 is 1.43 bits per heavy atom. The third kappa shape index (κ3) is 4.52. The molecule has 1 amide bonds. The van der Waals surface area contributed by atoms with Gasteiger partial charge < -0.3 is 9.80 Å². The zero-order valence-electron chi connectivity index (χ0n) is 12.3. The van der Waals surface area contributed by atoms with Crippen molar-refractivity contribution in [2.75, 3.05) is 38.7 Å². The second-order valence-corrected chi connectivity index (χ2v) is 7.46. The number of nitrogens with zero attached hydrogens (tertiary/aromatic N) is 2. The Morgan fingerprint density at radius 3 is 2.90 bits per heavy atom. The lowest BCUT2D eigenvalue weighted by Gasteiger charge is -2.32. The van der Waals surface area contributed by atoms with Crippen LogP contribution in [0.2, 0.25) is 10.0 Å². The van der Waals surface area contributed by atoms with E-state index in [-0.39, 0.29) is 11.9 Å². The highest BCUT2D eigenvalue weighted by Gasteiger charge is 2.28. The third-order valence-electron chi connectivity index (χ3n) is 3.43. The van der Waals surface area contributed by atoms with Crippen LogP contribution in [0.15, 0.2) is 18.2 Å². The summed E-state index contributed by atoms with van der Waals surface area (Å²) in [6, 6.07) is 5.26. The molecule has 0 aliphatic carbocycles. The van der Waals surface area contributed by atoms with E-state index in [1.807, 2.05) is 30.8 Å². The Labute approximate surface area is 140 Å². The topological polar surface area (TPSA) is 23.6 Å². The van der Waals surface area contributed by atoms with E-state index in [1.165, 1.54) is 0 Å². The number of carbonyl (C=O) groups excluding carboxylic acids is 1. The third-order valence-corrected chi connectivity index (χ3v) is 5.20. The van der Waals surface area contributed by atoms with E-state index >= 15 is 0 Å². The van der Waals surface area contributed by atoms with Crippen LogP contribution >= 0.6 is 35.0 Å². The van der Waals surface area contributed by atoms with Crippen molar-refractivity contribution in [3.05, 3.63) is 33.8 Å². The predicted octanol–water partition coefficient (Wildman–Crippen LogP) is 3.50. The van der Waals surface area contributed by atoms with Gasteiger partial charge in [-0.05, 0) is 44.5 Å². The van der Waals surface area contributed by atoms with E-state index in [0.29, 0.717) is 15.6 Å². The molecule has 116 valence electrons. The molecular formula is C15H20Cl2N2OS. The van der Waals surface area contributed by atoms with Crippen LogP contribution < -0.4 is 0 Å². The van der Waals surface area contributed by atoms with E-state index in [2.05, 4.69) is 4.90 Å². The van der Waals surface area contributed by atoms with Crippen molar-refractivity contribution in [2.24, 2.45) is 0 Å². The molecule has 6 heteroatoms. The van der Waals surface area contributed by atoms with Crippen molar-refractivity contribution in [3.8, 4) is 0 Å². The molecule has 1 saturated heterocycles. The van der Waals surface area contributed by atoms with E-state index < -0.39 is 0 Å². The van der Waals surface area contributed by atoms with Gasteiger partial charge in [0.1, 0.15) is 0 Å². The van der Waals surface area contributed by atoms with Crippen LogP contribution in [0.1, 0.15) is 16.8 Å². The van der Waals surface area contributed by atoms with Gasteiger partial charge in [0.25, 0.3) is 5.91 Å². The molecule has 0 saturated carbocycles. The van der Waals surface area contributed by atoms with E-state index in [0.717, 1.165) is 31.0 Å². The number of hydrogen-bond donors (Lipinski definition) is 0. The summed E-state index contributed by atoms with van der Waals surface area (Å²) < 4.78 is 0. The largest absolute Gasteiger partial charge is 0.333 e. The molecule has 1 aliphatic heterocycles. The number of halogens is 2. The summed E-state index contributed by atoms with van der Waals surface area (Å²) in [5.41, 5.74) is 0.500. The number of benzene rings is 1. The average Bonchev–Trinajstić information content (AvgIpc) is 2.65. The van der Waals surface area contributed by atoms with Crippen LogP contribution in [0, 0.1) is 0 Å². The SMILES string of the molecule is CN(C)CC1CSCCCN1C(=O)c1cc(Cl)ccc1Cl. The highest BCUT2D eigenvalue weighted by Crippen LogP contribution is 2.25. The van der Waals surface area contributed by atoms with Crippen LogP contribution in [0.5, 0.6) is 0 Å². The Kier molecular flexibility index (Phi) is 6.23. The molecule has 0 spiro atoms. The average molecular weight is 347 g/mol. The van der Waals surface area contributed by atoms with Crippen molar-refractivity contribution >= 4 is 40.9 Å². The second-order valence-electron chi connectivity index (χ2n) is 5.47. The molecule has 0 radical (unpaired) electrons. The zero-order valence-corrected chi connectivity index (χ0v) is 14.6. The molecule has 0 N–H and O–H groups in total. The minimum atomic E-state index is -0.0168. The van der Waals surface area contributed by atoms with Crippen LogP contribution in [0.4, 0.5) is 0 Å². The summed E-state index contributed by atoms with van der Waals surface area (Å²) in [7, 11) is 4.06. The molecule has 1 atom stereocenters. The standard InChI is InChI=1S/C15H20Cl2N2OS/c1-18(2)9-12-10-21-7-3-6-19(12)15(20)13-8-11(16)4-5-14(13)17/h4-5,8,12H,3,6-7,9-10H2,1-2H3. The van der Waals surface area contributed by atoms with Crippen molar-refractivity contribution in [2.45, 2.75) is 12.5 Å². The molecule has 3 nitrogen and oxygen atoms in total. The summed E-state index contributed by atoms with van der Waals surface area (Å²) in [4.78, 5) is 16.9. The quantitative estimate of drug-likeness (QED) is 0.836. The maximum absolute atomic E-state index is 12.9. The molecule has 1 aliphatic rings. The molecule has 1 fully saturated rings. The summed E-state index contributed by atoms with van der Waals surface area (Å²) in [5, 5.41) is 1.00. The zero-order chi connectivity index (χ0) is 15.4. The highest BCUT2D eigenvalue weighted by atomic mass is 35.5. The van der Waals surface area contributed by atoms with Crippen molar-refractivity contribution in [3.63, 3.8) is 0 Å². The summed E-state index contributed by atoms with van der Waals surface area (Å²) in [6.45, 7) is 1.63. The minimum Gasteiger partial charge on any atom is -0.333 e. The van der Waals surface area contributed by atoms with Crippen LogP contribution in [0.25, 0.3) is 0 Å². The van der Waals surface area contributed by atoms with Crippen molar-refractivity contribution < 1.29 is 4.79 Å². The minimum absolute atomic E-state index is 0.0168. The number of hydrogen-bond acceptors (Lipinski definition) is 3. The fourth-order valence-corrected chi connectivity index (χ4v) is 3.91. The molecule has 1 aromatic carbocycles.